The number of halogens is 1. The lowest BCUT2D eigenvalue weighted by atomic mass is 9.93. The van der Waals surface area contributed by atoms with E-state index in [4.69, 9.17) is 5.84 Å². The Labute approximate surface area is 123 Å². The molecule has 19 heavy (non-hydrogen) atoms. The molecule has 0 aromatic carbocycles. The highest BCUT2D eigenvalue weighted by Crippen LogP contribution is 2.32. The van der Waals surface area contributed by atoms with Gasteiger partial charge in [0.25, 0.3) is 0 Å². The summed E-state index contributed by atoms with van der Waals surface area (Å²) in [7, 11) is 0. The van der Waals surface area contributed by atoms with Crippen LogP contribution in [0.1, 0.15) is 63.7 Å². The van der Waals surface area contributed by atoms with E-state index in [0.717, 1.165) is 16.6 Å². The molecule has 1 unspecified atom stereocenters. The first-order valence-electron chi connectivity index (χ1n) is 7.00. The zero-order chi connectivity index (χ0) is 13.8. The molecule has 0 saturated heterocycles. The normalized spacial score (nSPS) is 17.6. The van der Waals surface area contributed by atoms with E-state index in [1.165, 1.54) is 31.3 Å². The van der Waals surface area contributed by atoms with E-state index < -0.39 is 0 Å². The van der Waals surface area contributed by atoms with Crippen LogP contribution >= 0.6 is 15.9 Å². The SMILES string of the molecule is CC(C)n1ncc(Br)c1C(CC1=CCCCC1)NN. The fourth-order valence-electron chi connectivity index (χ4n) is 2.68. The lowest BCUT2D eigenvalue weighted by Gasteiger charge is -2.23. The van der Waals surface area contributed by atoms with Gasteiger partial charge in [0.15, 0.2) is 0 Å². The van der Waals surface area contributed by atoms with E-state index in [2.05, 4.69) is 46.4 Å². The number of aromatic nitrogens is 2. The molecule has 1 atom stereocenters. The Morgan fingerprint density at radius 2 is 2.26 bits per heavy atom. The molecule has 0 bridgehead atoms. The van der Waals surface area contributed by atoms with Crippen molar-refractivity contribution >= 4 is 15.9 Å². The maximum absolute atomic E-state index is 5.78. The second-order valence-electron chi connectivity index (χ2n) is 5.45. The van der Waals surface area contributed by atoms with Crippen molar-refractivity contribution < 1.29 is 0 Å². The highest BCUT2D eigenvalue weighted by molar-refractivity contribution is 9.10. The van der Waals surface area contributed by atoms with Crippen molar-refractivity contribution in [3.63, 3.8) is 0 Å². The van der Waals surface area contributed by atoms with Gasteiger partial charge >= 0.3 is 0 Å². The monoisotopic (exact) mass is 326 g/mol. The minimum Gasteiger partial charge on any atom is -0.271 e. The topological polar surface area (TPSA) is 55.9 Å². The zero-order valence-electron chi connectivity index (χ0n) is 11.7. The zero-order valence-corrected chi connectivity index (χ0v) is 13.3. The maximum Gasteiger partial charge on any atom is 0.0715 e. The molecule has 0 spiro atoms. The summed E-state index contributed by atoms with van der Waals surface area (Å²) >= 11 is 3.59. The van der Waals surface area contributed by atoms with Gasteiger partial charge in [0.2, 0.25) is 0 Å². The molecule has 3 N–H and O–H groups in total. The first-order valence-corrected chi connectivity index (χ1v) is 7.79. The van der Waals surface area contributed by atoms with Crippen molar-refractivity contribution in [1.82, 2.24) is 15.2 Å². The number of nitrogens with two attached hydrogens (primary N) is 1. The van der Waals surface area contributed by atoms with Crippen molar-refractivity contribution in [2.24, 2.45) is 5.84 Å². The Bertz CT molecular complexity index is 450. The number of hydrogen-bond donors (Lipinski definition) is 2. The van der Waals surface area contributed by atoms with Crippen molar-refractivity contribution in [1.29, 1.82) is 0 Å². The van der Waals surface area contributed by atoms with Crippen LogP contribution in [0.25, 0.3) is 0 Å². The lowest BCUT2D eigenvalue weighted by Crippen LogP contribution is -2.31. The van der Waals surface area contributed by atoms with Crippen molar-refractivity contribution in [3.8, 4) is 0 Å². The molecular weight excluding hydrogens is 304 g/mol. The van der Waals surface area contributed by atoms with Crippen LogP contribution in [0.15, 0.2) is 22.3 Å². The molecule has 0 fully saturated rings. The molecule has 1 aromatic heterocycles. The third-order valence-electron chi connectivity index (χ3n) is 3.66. The molecule has 0 saturated carbocycles. The second kappa shape index (κ2) is 6.68. The predicted octanol–water partition coefficient (Wildman–Crippen LogP) is 3.62. The van der Waals surface area contributed by atoms with Crippen LogP contribution in [-0.2, 0) is 0 Å². The van der Waals surface area contributed by atoms with Gasteiger partial charge in [0.05, 0.1) is 22.4 Å². The van der Waals surface area contributed by atoms with E-state index in [1.54, 1.807) is 0 Å². The van der Waals surface area contributed by atoms with Crippen LogP contribution in [0.5, 0.6) is 0 Å². The molecule has 0 aliphatic heterocycles. The summed E-state index contributed by atoms with van der Waals surface area (Å²) in [5.74, 6) is 5.78. The predicted molar refractivity (Wildman–Crippen MR) is 81.5 cm³/mol. The van der Waals surface area contributed by atoms with Crippen molar-refractivity contribution in [3.05, 3.63) is 28.0 Å². The van der Waals surface area contributed by atoms with Crippen LogP contribution in [0.3, 0.4) is 0 Å². The molecule has 106 valence electrons. The lowest BCUT2D eigenvalue weighted by molar-refractivity contribution is 0.440. The molecule has 1 heterocycles. The standard InChI is InChI=1S/C14H23BrN4/c1-10(2)19-14(12(15)9-17-19)13(18-16)8-11-6-4-3-5-7-11/h6,9-10,13,18H,3-5,7-8,16H2,1-2H3. The van der Waals surface area contributed by atoms with Gasteiger partial charge < -0.3 is 0 Å². The molecule has 2 rings (SSSR count). The molecule has 1 aliphatic carbocycles. The third kappa shape index (κ3) is 3.46. The fraction of sp³-hybridized carbons (Fsp3) is 0.643. The number of nitrogens with one attached hydrogen (secondary N) is 1. The highest BCUT2D eigenvalue weighted by atomic mass is 79.9. The van der Waals surface area contributed by atoms with E-state index in [0.29, 0.717) is 6.04 Å². The summed E-state index contributed by atoms with van der Waals surface area (Å²) in [6.45, 7) is 4.27. The Hall–Kier alpha value is -0.650. The van der Waals surface area contributed by atoms with Gasteiger partial charge in [-0.1, -0.05) is 11.6 Å². The van der Waals surface area contributed by atoms with E-state index in [1.807, 2.05) is 10.9 Å². The summed E-state index contributed by atoms with van der Waals surface area (Å²) in [6, 6.07) is 0.445. The molecule has 1 aliphatic rings. The van der Waals surface area contributed by atoms with E-state index in [-0.39, 0.29) is 6.04 Å². The Morgan fingerprint density at radius 1 is 1.47 bits per heavy atom. The smallest absolute Gasteiger partial charge is 0.0715 e. The second-order valence-corrected chi connectivity index (χ2v) is 6.30. The van der Waals surface area contributed by atoms with Crippen LogP contribution in [0, 0.1) is 0 Å². The third-order valence-corrected chi connectivity index (χ3v) is 4.27. The van der Waals surface area contributed by atoms with E-state index >= 15 is 0 Å². The average molecular weight is 327 g/mol. The van der Waals surface area contributed by atoms with E-state index in [9.17, 15) is 0 Å². The number of nitrogens with zero attached hydrogens (tertiary/aromatic N) is 2. The summed E-state index contributed by atoms with van der Waals surface area (Å²) < 4.78 is 3.07. The average Bonchev–Trinajstić information content (AvgIpc) is 2.79. The van der Waals surface area contributed by atoms with Crippen LogP contribution < -0.4 is 11.3 Å². The molecule has 4 nitrogen and oxygen atoms in total. The molecule has 0 radical (unpaired) electrons. The Balaban J connectivity index is 2.21. The number of hydrazine groups is 1. The quantitative estimate of drug-likeness (QED) is 0.493. The Morgan fingerprint density at radius 3 is 2.84 bits per heavy atom. The van der Waals surface area contributed by atoms with Gasteiger partial charge in [-0.15, -0.1) is 0 Å². The van der Waals surface area contributed by atoms with Crippen molar-refractivity contribution in [2.75, 3.05) is 0 Å². The van der Waals surface area contributed by atoms with Crippen LogP contribution in [0.4, 0.5) is 0 Å². The summed E-state index contributed by atoms with van der Waals surface area (Å²) in [5, 5.41) is 4.43. The fourth-order valence-corrected chi connectivity index (χ4v) is 3.22. The summed E-state index contributed by atoms with van der Waals surface area (Å²) in [5.41, 5.74) is 5.61. The minimum absolute atomic E-state index is 0.114. The summed E-state index contributed by atoms with van der Waals surface area (Å²) in [6.07, 6.45) is 10.2. The number of hydrogen-bond acceptors (Lipinski definition) is 3. The first kappa shape index (κ1) is 14.8. The molecule has 1 aromatic rings. The number of rotatable bonds is 5. The van der Waals surface area contributed by atoms with Gasteiger partial charge in [-0.25, -0.2) is 0 Å². The van der Waals surface area contributed by atoms with Crippen molar-refractivity contribution in [2.45, 2.75) is 58.0 Å². The van der Waals surface area contributed by atoms with Crippen LogP contribution in [0.2, 0.25) is 0 Å². The largest absolute Gasteiger partial charge is 0.271 e. The minimum atomic E-state index is 0.114. The molecule has 5 heteroatoms. The van der Waals surface area contributed by atoms with Gasteiger partial charge in [-0.2, -0.15) is 5.10 Å². The van der Waals surface area contributed by atoms with Gasteiger partial charge in [0, 0.05) is 6.04 Å². The molecular formula is C14H23BrN4. The highest BCUT2D eigenvalue weighted by Gasteiger charge is 2.22. The first-order chi connectivity index (χ1) is 9.13. The summed E-state index contributed by atoms with van der Waals surface area (Å²) in [4.78, 5) is 0. The Kier molecular flexibility index (Phi) is 5.19. The maximum atomic E-state index is 5.78. The van der Waals surface area contributed by atoms with Gasteiger partial charge in [-0.05, 0) is 61.9 Å². The van der Waals surface area contributed by atoms with Gasteiger partial charge in [0.1, 0.15) is 0 Å². The van der Waals surface area contributed by atoms with Gasteiger partial charge in [-0.3, -0.25) is 16.0 Å². The molecule has 0 amide bonds. The van der Waals surface area contributed by atoms with Crippen LogP contribution in [-0.4, -0.2) is 9.78 Å². The number of allylic oxidation sites excluding steroid dienone is 1.